The van der Waals surface area contributed by atoms with Crippen molar-refractivity contribution in [3.8, 4) is 0 Å². The van der Waals surface area contributed by atoms with Crippen LogP contribution in [0.5, 0.6) is 0 Å². The number of nitrogens with one attached hydrogen (secondary N) is 1. The maximum Gasteiger partial charge on any atom is 0.232 e. The van der Waals surface area contributed by atoms with Gasteiger partial charge in [0.25, 0.3) is 0 Å². The van der Waals surface area contributed by atoms with Gasteiger partial charge in [-0.05, 0) is 36.1 Å². The Bertz CT molecular complexity index is 1170. The van der Waals surface area contributed by atoms with Crippen LogP contribution in [0.25, 0.3) is 10.9 Å². The summed E-state index contributed by atoms with van der Waals surface area (Å²) in [6, 6.07) is 16.3. The number of aryl methyl sites for hydroxylation is 1. The molecule has 2 N–H and O–H groups in total. The van der Waals surface area contributed by atoms with Crippen LogP contribution in [0.3, 0.4) is 0 Å². The molecule has 0 bridgehead atoms. The van der Waals surface area contributed by atoms with E-state index in [0.717, 1.165) is 41.4 Å². The van der Waals surface area contributed by atoms with E-state index in [2.05, 4.69) is 44.9 Å². The van der Waals surface area contributed by atoms with Crippen LogP contribution in [0.2, 0.25) is 0 Å². The number of aromatic nitrogens is 4. The maximum absolute atomic E-state index is 13.3. The molecule has 1 unspecified atom stereocenters. The van der Waals surface area contributed by atoms with Crippen molar-refractivity contribution >= 4 is 33.3 Å². The fourth-order valence-corrected chi connectivity index (χ4v) is 4.50. The lowest BCUT2D eigenvalue weighted by molar-refractivity contribution is -0.124. The first kappa shape index (κ1) is 22.1. The third-order valence-corrected chi connectivity index (χ3v) is 6.33. The number of aliphatic hydroxyl groups is 1. The molecule has 32 heavy (non-hydrogen) atoms. The zero-order valence-corrected chi connectivity index (χ0v) is 19.0. The number of aliphatic hydroxyl groups excluding tert-OH is 1. The Morgan fingerprint density at radius 3 is 2.69 bits per heavy atom. The van der Waals surface area contributed by atoms with Crippen LogP contribution in [-0.2, 0) is 11.3 Å². The fourth-order valence-electron chi connectivity index (χ4n) is 4.06. The Hall–Kier alpha value is -3.10. The molecule has 1 atom stereocenters. The van der Waals surface area contributed by atoms with E-state index in [1.54, 1.807) is 5.51 Å². The minimum atomic E-state index is -0.752. The molecular formula is C24H27N5O2S. The summed E-state index contributed by atoms with van der Waals surface area (Å²) < 4.78 is 1.93. The maximum atomic E-state index is 13.3. The Labute approximate surface area is 191 Å². The summed E-state index contributed by atoms with van der Waals surface area (Å²) in [5.74, 6) is -0.276. The van der Waals surface area contributed by atoms with E-state index in [-0.39, 0.29) is 18.4 Å². The van der Waals surface area contributed by atoms with E-state index < -0.39 is 5.41 Å². The van der Waals surface area contributed by atoms with Gasteiger partial charge in [0.2, 0.25) is 11.0 Å². The number of nitrogens with zero attached hydrogens (tertiary/aromatic N) is 4. The monoisotopic (exact) mass is 449 g/mol. The largest absolute Gasteiger partial charge is 0.396 e. The second-order valence-electron chi connectivity index (χ2n) is 8.40. The Morgan fingerprint density at radius 1 is 1.16 bits per heavy atom. The lowest BCUT2D eigenvalue weighted by Gasteiger charge is -2.33. The number of carbonyl (C=O) groups is 1. The number of rotatable bonds is 9. The van der Waals surface area contributed by atoms with E-state index in [9.17, 15) is 4.79 Å². The van der Waals surface area contributed by atoms with Crippen LogP contribution in [-0.4, -0.2) is 37.6 Å². The number of carbonyl (C=O) groups excluding carboxylic acids is 1. The zero-order valence-electron chi connectivity index (χ0n) is 18.2. The summed E-state index contributed by atoms with van der Waals surface area (Å²) in [5.41, 5.74) is 3.89. The molecule has 0 aliphatic rings. The van der Waals surface area contributed by atoms with Gasteiger partial charge in [0, 0.05) is 30.7 Å². The fraction of sp³-hybridized carbons (Fsp3) is 0.333. The normalized spacial score (nSPS) is 12.7. The third-order valence-electron chi connectivity index (χ3n) is 5.72. The summed E-state index contributed by atoms with van der Waals surface area (Å²) in [4.78, 5) is 13.3. The lowest BCUT2D eigenvalue weighted by atomic mass is 9.70. The SMILES string of the molecule is CC(C)(C(=O)Nc1nncs1)C(c1ccccc1)c1ccc2nn(CCCCO)cc2c1. The van der Waals surface area contributed by atoms with Crippen LogP contribution >= 0.6 is 11.3 Å². The molecule has 0 fully saturated rings. The first-order chi connectivity index (χ1) is 15.5. The molecule has 0 radical (unpaired) electrons. The average Bonchev–Trinajstić information content (AvgIpc) is 3.44. The summed E-state index contributed by atoms with van der Waals surface area (Å²) in [6.07, 6.45) is 3.67. The van der Waals surface area contributed by atoms with Gasteiger partial charge in [-0.3, -0.25) is 9.48 Å². The highest BCUT2D eigenvalue weighted by atomic mass is 32.1. The predicted molar refractivity (Wildman–Crippen MR) is 127 cm³/mol. The molecule has 0 saturated carbocycles. The van der Waals surface area contributed by atoms with Gasteiger partial charge in [-0.1, -0.05) is 61.6 Å². The van der Waals surface area contributed by atoms with E-state index >= 15 is 0 Å². The molecule has 0 saturated heterocycles. The van der Waals surface area contributed by atoms with Gasteiger partial charge in [-0.25, -0.2) is 0 Å². The summed E-state index contributed by atoms with van der Waals surface area (Å²) in [7, 11) is 0. The molecule has 166 valence electrons. The van der Waals surface area contributed by atoms with Gasteiger partial charge in [0.05, 0.1) is 10.9 Å². The number of amides is 1. The standard InChI is InChI=1S/C24H27N5O2S/c1-24(2,22(31)26-23-27-25-16-32-23)21(17-8-4-3-5-9-17)18-10-11-20-19(14-18)15-29(28-20)12-6-7-13-30/h3-5,8-11,14-16,21,30H,6-7,12-13H2,1-2H3,(H,26,27,31). The number of fused-ring (bicyclic) bond motifs is 1. The molecule has 1 amide bonds. The predicted octanol–water partition coefficient (Wildman–Crippen LogP) is 4.46. The van der Waals surface area contributed by atoms with Crippen LogP contribution in [0.4, 0.5) is 5.13 Å². The van der Waals surface area contributed by atoms with Gasteiger partial charge in [0.15, 0.2) is 0 Å². The van der Waals surface area contributed by atoms with Gasteiger partial charge < -0.3 is 10.4 Å². The molecule has 2 aromatic carbocycles. The smallest absolute Gasteiger partial charge is 0.232 e. The van der Waals surface area contributed by atoms with Crippen LogP contribution in [0.1, 0.15) is 43.7 Å². The third kappa shape index (κ3) is 4.71. The van der Waals surface area contributed by atoms with E-state index in [1.807, 2.05) is 49.0 Å². The topological polar surface area (TPSA) is 92.9 Å². The highest BCUT2D eigenvalue weighted by Crippen LogP contribution is 2.42. The Balaban J connectivity index is 1.70. The van der Waals surface area contributed by atoms with E-state index in [0.29, 0.717) is 5.13 Å². The highest BCUT2D eigenvalue weighted by molar-refractivity contribution is 7.13. The highest BCUT2D eigenvalue weighted by Gasteiger charge is 2.39. The number of hydrogen-bond acceptors (Lipinski definition) is 6. The molecule has 2 aromatic heterocycles. The van der Waals surface area contributed by atoms with E-state index in [4.69, 9.17) is 5.11 Å². The van der Waals surface area contributed by atoms with Gasteiger partial charge in [-0.2, -0.15) is 5.10 Å². The summed E-state index contributed by atoms with van der Waals surface area (Å²) in [6.45, 7) is 4.88. The van der Waals surface area contributed by atoms with Crippen molar-refractivity contribution in [2.24, 2.45) is 5.41 Å². The molecule has 4 aromatic rings. The minimum Gasteiger partial charge on any atom is -0.396 e. The van der Waals surface area contributed by atoms with Crippen molar-refractivity contribution in [3.63, 3.8) is 0 Å². The molecule has 0 aliphatic carbocycles. The first-order valence-electron chi connectivity index (χ1n) is 10.7. The molecule has 0 spiro atoms. The van der Waals surface area contributed by atoms with Crippen molar-refractivity contribution in [2.75, 3.05) is 11.9 Å². The summed E-state index contributed by atoms with van der Waals surface area (Å²) >= 11 is 1.30. The van der Waals surface area contributed by atoms with Crippen LogP contribution < -0.4 is 5.32 Å². The van der Waals surface area contributed by atoms with Gasteiger partial charge >= 0.3 is 0 Å². The molecule has 4 rings (SSSR count). The van der Waals surface area contributed by atoms with Crippen LogP contribution in [0, 0.1) is 5.41 Å². The zero-order chi connectivity index (χ0) is 22.6. The second-order valence-corrected chi connectivity index (χ2v) is 9.24. The minimum absolute atomic E-state index is 0.108. The molecular weight excluding hydrogens is 422 g/mol. The van der Waals surface area contributed by atoms with Crippen molar-refractivity contribution in [3.05, 3.63) is 71.4 Å². The molecule has 2 heterocycles. The van der Waals surface area contributed by atoms with Crippen molar-refractivity contribution in [2.45, 2.75) is 39.2 Å². The first-order valence-corrected chi connectivity index (χ1v) is 11.6. The number of unbranched alkanes of at least 4 members (excludes halogenated alkanes) is 1. The molecule has 8 heteroatoms. The van der Waals surface area contributed by atoms with E-state index in [1.165, 1.54) is 11.3 Å². The lowest BCUT2D eigenvalue weighted by Crippen LogP contribution is -2.37. The van der Waals surface area contributed by atoms with Crippen molar-refractivity contribution in [1.82, 2.24) is 20.0 Å². The van der Waals surface area contributed by atoms with Crippen molar-refractivity contribution in [1.29, 1.82) is 0 Å². The summed E-state index contributed by atoms with van der Waals surface area (Å²) in [5, 5.41) is 25.9. The number of benzene rings is 2. The number of anilines is 1. The molecule has 0 aliphatic heterocycles. The molecule has 7 nitrogen and oxygen atoms in total. The van der Waals surface area contributed by atoms with Crippen molar-refractivity contribution < 1.29 is 9.90 Å². The second kappa shape index (κ2) is 9.58. The Kier molecular flexibility index (Phi) is 6.62. The number of hydrogen-bond donors (Lipinski definition) is 2. The van der Waals surface area contributed by atoms with Crippen LogP contribution in [0.15, 0.2) is 60.2 Å². The van der Waals surface area contributed by atoms with Gasteiger partial charge in [-0.15, -0.1) is 10.2 Å². The quantitative estimate of drug-likeness (QED) is 0.368. The van der Waals surface area contributed by atoms with Gasteiger partial charge in [0.1, 0.15) is 5.51 Å². The Morgan fingerprint density at radius 2 is 1.97 bits per heavy atom. The average molecular weight is 450 g/mol.